The van der Waals surface area contributed by atoms with Gasteiger partial charge in [0.15, 0.2) is 0 Å². The maximum atomic E-state index is 9.81. The highest BCUT2D eigenvalue weighted by Gasteiger charge is 2.05. The number of nitrogens with zero attached hydrogens (tertiary/aromatic N) is 1. The Morgan fingerprint density at radius 3 is 2.10 bits per heavy atom. The topological polar surface area (TPSA) is 110 Å². The van der Waals surface area contributed by atoms with Crippen LogP contribution in [0.25, 0.3) is 0 Å². The van der Waals surface area contributed by atoms with Crippen molar-refractivity contribution in [2.45, 2.75) is 6.10 Å². The van der Waals surface area contributed by atoms with Crippen molar-refractivity contribution in [2.75, 3.05) is 33.7 Å². The van der Waals surface area contributed by atoms with Crippen LogP contribution in [-0.4, -0.2) is 65.9 Å². The lowest BCUT2D eigenvalue weighted by atomic mass is 10.1. The summed E-state index contributed by atoms with van der Waals surface area (Å²) in [4.78, 5) is 20.3. The molecule has 21 heavy (non-hydrogen) atoms. The third kappa shape index (κ3) is 10.5. The van der Waals surface area contributed by atoms with Crippen molar-refractivity contribution in [3.63, 3.8) is 0 Å². The zero-order valence-corrected chi connectivity index (χ0v) is 12.2. The van der Waals surface area contributed by atoms with Gasteiger partial charge in [0.25, 0.3) is 0 Å². The molecule has 1 aromatic rings. The third-order valence-electron chi connectivity index (χ3n) is 2.44. The first-order valence-electron chi connectivity index (χ1n) is 6.39. The molecule has 0 bridgehead atoms. The average Bonchev–Trinajstić information content (AvgIpc) is 2.44. The first-order valence-corrected chi connectivity index (χ1v) is 6.39. The van der Waals surface area contributed by atoms with E-state index in [4.69, 9.17) is 19.8 Å². The number of aliphatic hydroxyl groups excluding tert-OH is 1. The predicted molar refractivity (Wildman–Crippen MR) is 78.1 cm³/mol. The number of carbonyl (C=O) groups is 2. The molecule has 0 amide bonds. The molecule has 0 aliphatic rings. The van der Waals surface area contributed by atoms with Crippen LogP contribution in [0.3, 0.4) is 0 Å². The van der Waals surface area contributed by atoms with Gasteiger partial charge in [-0.2, -0.15) is 0 Å². The minimum Gasteiger partial charge on any atom is -0.473 e. The molecular weight excluding hydrogens is 276 g/mol. The van der Waals surface area contributed by atoms with E-state index in [1.54, 1.807) is 0 Å². The van der Waals surface area contributed by atoms with E-state index in [1.807, 2.05) is 44.4 Å². The highest BCUT2D eigenvalue weighted by Crippen LogP contribution is 2.09. The van der Waals surface area contributed by atoms with Crippen LogP contribution < -0.4 is 5.32 Å². The first-order chi connectivity index (χ1) is 9.84. The number of benzene rings is 1. The number of aliphatic hydroxyl groups is 1. The summed E-state index contributed by atoms with van der Waals surface area (Å²) in [5.74, 6) is -3.65. The van der Waals surface area contributed by atoms with Gasteiger partial charge in [0.2, 0.25) is 0 Å². The van der Waals surface area contributed by atoms with E-state index in [9.17, 15) is 5.11 Å². The lowest BCUT2D eigenvalue weighted by molar-refractivity contribution is -0.159. The van der Waals surface area contributed by atoms with Gasteiger partial charge in [0, 0.05) is 19.6 Å². The van der Waals surface area contributed by atoms with E-state index in [0.717, 1.165) is 18.7 Å². The highest BCUT2D eigenvalue weighted by molar-refractivity contribution is 6.27. The van der Waals surface area contributed by atoms with Crippen LogP contribution in [0.4, 0.5) is 0 Å². The molecule has 7 nitrogen and oxygen atoms in total. The maximum absolute atomic E-state index is 9.81. The smallest absolute Gasteiger partial charge is 0.414 e. The lowest BCUT2D eigenvalue weighted by Gasteiger charge is -2.14. The summed E-state index contributed by atoms with van der Waals surface area (Å²) >= 11 is 0. The van der Waals surface area contributed by atoms with Crippen LogP contribution in [0.15, 0.2) is 30.3 Å². The fourth-order valence-electron chi connectivity index (χ4n) is 1.33. The van der Waals surface area contributed by atoms with E-state index < -0.39 is 18.0 Å². The monoisotopic (exact) mass is 298 g/mol. The Morgan fingerprint density at radius 1 is 1.14 bits per heavy atom. The summed E-state index contributed by atoms with van der Waals surface area (Å²) in [6.07, 6.45) is -0.409. The third-order valence-corrected chi connectivity index (χ3v) is 2.44. The highest BCUT2D eigenvalue weighted by atomic mass is 16.4. The maximum Gasteiger partial charge on any atom is 0.414 e. The zero-order chi connectivity index (χ0) is 16.3. The largest absolute Gasteiger partial charge is 0.473 e. The second-order valence-electron chi connectivity index (χ2n) is 4.54. The zero-order valence-electron chi connectivity index (χ0n) is 12.2. The molecule has 0 aliphatic carbocycles. The summed E-state index contributed by atoms with van der Waals surface area (Å²) in [5.41, 5.74) is 0.967. The molecule has 0 saturated heterocycles. The van der Waals surface area contributed by atoms with Gasteiger partial charge in [-0.15, -0.1) is 0 Å². The number of likely N-dealkylation sites (N-methyl/N-ethyl adjacent to an activating group) is 1. The number of carboxylic acids is 2. The van der Waals surface area contributed by atoms with E-state index in [2.05, 4.69) is 10.2 Å². The lowest BCUT2D eigenvalue weighted by Crippen LogP contribution is -2.29. The molecule has 1 aromatic carbocycles. The normalized spacial score (nSPS) is 11.4. The molecule has 0 heterocycles. The van der Waals surface area contributed by atoms with Crippen LogP contribution in [0, 0.1) is 0 Å². The van der Waals surface area contributed by atoms with Gasteiger partial charge in [0.1, 0.15) is 0 Å². The number of nitrogens with one attached hydrogen (secondary N) is 1. The van der Waals surface area contributed by atoms with Crippen molar-refractivity contribution in [2.24, 2.45) is 0 Å². The molecule has 4 N–H and O–H groups in total. The van der Waals surface area contributed by atoms with E-state index in [-0.39, 0.29) is 0 Å². The molecule has 0 aliphatic heterocycles. The molecule has 0 saturated carbocycles. The van der Waals surface area contributed by atoms with Crippen LogP contribution in [-0.2, 0) is 9.59 Å². The molecule has 0 aromatic heterocycles. The summed E-state index contributed by atoms with van der Waals surface area (Å²) in [6, 6.07) is 9.73. The fraction of sp³-hybridized carbons (Fsp3) is 0.429. The molecule has 0 radical (unpaired) electrons. The predicted octanol–water partition coefficient (Wildman–Crippen LogP) is 0.0268. The number of carboxylic acid groups (broad SMARTS) is 2. The Kier molecular flexibility index (Phi) is 9.78. The molecule has 0 spiro atoms. The molecule has 0 fully saturated rings. The standard InChI is InChI=1S/C12H20N2O.C2H2O4/c1-14(2)9-8-13-10-12(15)11-6-4-3-5-7-11;3-1(4)2(5)6/h3-7,12-13,15H,8-10H2,1-2H3;(H,3,4)(H,5,6). The first kappa shape index (κ1) is 19.0. The van der Waals surface area contributed by atoms with Crippen LogP contribution in [0.2, 0.25) is 0 Å². The van der Waals surface area contributed by atoms with Gasteiger partial charge in [-0.1, -0.05) is 30.3 Å². The van der Waals surface area contributed by atoms with Crippen LogP contribution in [0.5, 0.6) is 0 Å². The Hall–Kier alpha value is -1.96. The minimum absolute atomic E-state index is 0.409. The van der Waals surface area contributed by atoms with Gasteiger partial charge in [-0.25, -0.2) is 9.59 Å². The molecule has 1 rings (SSSR count). The van der Waals surface area contributed by atoms with Crippen molar-refractivity contribution >= 4 is 11.9 Å². The van der Waals surface area contributed by atoms with E-state index >= 15 is 0 Å². The second-order valence-corrected chi connectivity index (χ2v) is 4.54. The average molecular weight is 298 g/mol. The van der Waals surface area contributed by atoms with Crippen molar-refractivity contribution in [1.29, 1.82) is 0 Å². The van der Waals surface area contributed by atoms with Crippen LogP contribution in [0.1, 0.15) is 11.7 Å². The Labute approximate surface area is 123 Å². The molecular formula is C14H22N2O5. The van der Waals surface area contributed by atoms with Crippen molar-refractivity contribution in [3.05, 3.63) is 35.9 Å². The fourth-order valence-corrected chi connectivity index (χ4v) is 1.33. The number of hydrogen-bond donors (Lipinski definition) is 4. The quantitative estimate of drug-likeness (QED) is 0.433. The van der Waals surface area contributed by atoms with Crippen molar-refractivity contribution in [1.82, 2.24) is 10.2 Å². The van der Waals surface area contributed by atoms with Gasteiger partial charge in [0.05, 0.1) is 6.10 Å². The Morgan fingerprint density at radius 2 is 1.67 bits per heavy atom. The summed E-state index contributed by atoms with van der Waals surface area (Å²) in [6.45, 7) is 2.50. The van der Waals surface area contributed by atoms with Crippen LogP contribution >= 0.6 is 0 Å². The Bertz CT molecular complexity index is 411. The van der Waals surface area contributed by atoms with Gasteiger partial charge < -0.3 is 25.5 Å². The number of rotatable bonds is 6. The van der Waals surface area contributed by atoms with E-state index in [0.29, 0.717) is 6.54 Å². The Balaban J connectivity index is 0.000000567. The number of hydrogen-bond acceptors (Lipinski definition) is 5. The van der Waals surface area contributed by atoms with Gasteiger partial charge in [-0.05, 0) is 19.7 Å². The van der Waals surface area contributed by atoms with Gasteiger partial charge in [-0.3, -0.25) is 0 Å². The minimum atomic E-state index is -1.82. The molecule has 1 atom stereocenters. The number of aliphatic carboxylic acids is 2. The van der Waals surface area contributed by atoms with Gasteiger partial charge >= 0.3 is 11.9 Å². The van der Waals surface area contributed by atoms with E-state index in [1.165, 1.54) is 0 Å². The second kappa shape index (κ2) is 10.8. The van der Waals surface area contributed by atoms with Crippen molar-refractivity contribution in [3.8, 4) is 0 Å². The molecule has 7 heteroatoms. The summed E-state index contributed by atoms with van der Waals surface area (Å²) in [5, 5.41) is 27.8. The molecule has 118 valence electrons. The molecule has 1 unspecified atom stereocenters. The van der Waals surface area contributed by atoms with Crippen molar-refractivity contribution < 1.29 is 24.9 Å². The SMILES string of the molecule is CN(C)CCNCC(O)c1ccccc1.O=C(O)C(=O)O. The summed E-state index contributed by atoms with van der Waals surface area (Å²) < 4.78 is 0. The summed E-state index contributed by atoms with van der Waals surface area (Å²) in [7, 11) is 4.07.